The first-order valence-electron chi connectivity index (χ1n) is 27.2. The van der Waals surface area contributed by atoms with Crippen LogP contribution in [0.3, 0.4) is 0 Å². The van der Waals surface area contributed by atoms with Crippen LogP contribution in [0.4, 0.5) is 11.4 Å². The number of unbranched alkanes of at least 4 members (excludes halogenated alkanes) is 3. The number of aromatic nitrogens is 1. The number of nitrogens with zero attached hydrogens (tertiary/aromatic N) is 3. The molecular formula is C63H73N4O10S2+. The molecule has 79 heavy (non-hydrogen) atoms. The summed E-state index contributed by atoms with van der Waals surface area (Å²) in [6.45, 7) is 14.4. The van der Waals surface area contributed by atoms with E-state index in [0.29, 0.717) is 51.9 Å². The van der Waals surface area contributed by atoms with Crippen LogP contribution in [-0.2, 0) is 66.5 Å². The molecule has 3 heterocycles. The number of carboxylic acid groups (broad SMARTS) is 1. The van der Waals surface area contributed by atoms with Crippen molar-refractivity contribution >= 4 is 49.2 Å². The molecule has 0 radical (unpaired) electrons. The zero-order valence-corrected chi connectivity index (χ0v) is 47.7. The molecule has 0 fully saturated rings. The molecule has 0 bridgehead atoms. The van der Waals surface area contributed by atoms with E-state index in [0.717, 1.165) is 105 Å². The molecular weight excluding hydrogens is 1040 g/mol. The molecule has 3 aliphatic rings. The zero-order chi connectivity index (χ0) is 56.7. The van der Waals surface area contributed by atoms with Gasteiger partial charge < -0.3 is 20.1 Å². The molecule has 2 aliphatic heterocycles. The largest absolute Gasteiger partial charge is 0.494 e. The van der Waals surface area contributed by atoms with E-state index in [1.807, 2.05) is 108 Å². The van der Waals surface area contributed by atoms with Gasteiger partial charge in [0.05, 0.1) is 28.2 Å². The lowest BCUT2D eigenvalue weighted by Gasteiger charge is -2.25. The Hall–Kier alpha value is -6.98. The van der Waals surface area contributed by atoms with E-state index < -0.39 is 37.0 Å². The van der Waals surface area contributed by atoms with E-state index >= 15 is 0 Å². The Morgan fingerprint density at radius 1 is 0.785 bits per heavy atom. The lowest BCUT2D eigenvalue weighted by molar-refractivity contribution is -0.438. The van der Waals surface area contributed by atoms with Gasteiger partial charge in [0.25, 0.3) is 20.2 Å². The first kappa shape index (κ1) is 58.2. The van der Waals surface area contributed by atoms with Gasteiger partial charge >= 0.3 is 5.97 Å². The van der Waals surface area contributed by atoms with Gasteiger partial charge in [-0.2, -0.15) is 21.4 Å². The Balaban J connectivity index is 0.874. The minimum atomic E-state index is -4.44. The average molecular weight is 1110 g/mol. The average Bonchev–Trinajstić information content (AvgIpc) is 3.72. The number of fused-ring (bicyclic) bond motifs is 4. The van der Waals surface area contributed by atoms with Crippen LogP contribution in [0.5, 0.6) is 5.75 Å². The van der Waals surface area contributed by atoms with Crippen molar-refractivity contribution in [3.63, 3.8) is 0 Å². The zero-order valence-electron chi connectivity index (χ0n) is 46.0. The van der Waals surface area contributed by atoms with Crippen molar-refractivity contribution < 1.29 is 49.9 Å². The number of pyridine rings is 1. The number of hydrogen-bond acceptors (Lipinski definition) is 9. The summed E-state index contributed by atoms with van der Waals surface area (Å²) in [7, 11) is -8.80. The van der Waals surface area contributed by atoms with Gasteiger partial charge in [0.15, 0.2) is 5.71 Å². The second kappa shape index (κ2) is 24.6. The molecule has 16 heteroatoms. The van der Waals surface area contributed by atoms with Crippen LogP contribution in [0.25, 0.3) is 0 Å². The molecule has 5 aromatic rings. The summed E-state index contributed by atoms with van der Waals surface area (Å²) in [4.78, 5) is 31.6. The monoisotopic (exact) mass is 1110 g/mol. The quantitative estimate of drug-likeness (QED) is 0.0209. The fourth-order valence-electron chi connectivity index (χ4n) is 11.4. The van der Waals surface area contributed by atoms with Gasteiger partial charge in [0.2, 0.25) is 11.6 Å². The number of allylic oxidation sites excluding steroid dienone is 8. The molecule has 0 spiro atoms. The third-order valence-electron chi connectivity index (χ3n) is 15.5. The normalized spacial score (nSPS) is 17.1. The first-order valence-corrected chi connectivity index (χ1v) is 30.1. The molecule has 1 aliphatic carbocycles. The number of amides is 1. The third kappa shape index (κ3) is 13.9. The van der Waals surface area contributed by atoms with E-state index in [4.69, 9.17) is 4.74 Å². The molecule has 0 saturated heterocycles. The highest BCUT2D eigenvalue weighted by Crippen LogP contribution is 2.48. The summed E-state index contributed by atoms with van der Waals surface area (Å²) in [5.41, 5.74) is 11.6. The smallest absolute Gasteiger partial charge is 0.303 e. The number of nitrogens with one attached hydrogen (secondary N) is 1. The molecule has 0 saturated carbocycles. The van der Waals surface area contributed by atoms with Crippen LogP contribution < -0.4 is 15.0 Å². The van der Waals surface area contributed by atoms with Crippen molar-refractivity contribution in [2.24, 2.45) is 0 Å². The Bertz CT molecular complexity index is 3520. The predicted octanol–water partition coefficient (Wildman–Crippen LogP) is 11.6. The molecule has 4 N–H and O–H groups in total. The van der Waals surface area contributed by atoms with Crippen molar-refractivity contribution in [3.8, 4) is 5.75 Å². The van der Waals surface area contributed by atoms with Crippen molar-refractivity contribution in [2.45, 2.75) is 139 Å². The molecule has 14 nitrogen and oxygen atoms in total. The Labute approximate surface area is 465 Å². The van der Waals surface area contributed by atoms with E-state index in [1.54, 1.807) is 18.2 Å². The van der Waals surface area contributed by atoms with Crippen molar-refractivity contribution in [2.75, 3.05) is 24.6 Å². The maximum atomic E-state index is 13.3. The molecule has 1 aromatic heterocycles. The standard InChI is InChI=1S/C63H72N4O10S2/c1-7-66-56-28-25-51(78(71,72)73)40-54(56)62(3,4)58(66)19-12-9-8-10-13-20-59-63(5,6)55-41-52(79(74,75)76)26-29-57(55)67(59)32-16-11-14-21-60(68)65-42-44-22-27-53-47(35-44)37-46-38-50(24-23-45(46)36-48(53)39-61(69)70)77-33-17-15-18-49-34-43(2)30-31-64-49/h8-10,12-13,19-20,22-31,34-35,38,40-41,48H,7,11,14-18,21,32-33,36-37,39,42H2,1-6H3,(H3-,65,68,69,70,71,72,73,74,75,76)/p+1. The summed E-state index contributed by atoms with van der Waals surface area (Å²) in [6.07, 6.45) is 22.0. The van der Waals surface area contributed by atoms with Crippen molar-refractivity contribution in [1.82, 2.24) is 10.3 Å². The van der Waals surface area contributed by atoms with Gasteiger partial charge in [-0.15, -0.1) is 0 Å². The van der Waals surface area contributed by atoms with Gasteiger partial charge in [-0.05, 0) is 178 Å². The lowest BCUT2D eigenvalue weighted by Crippen LogP contribution is -2.28. The van der Waals surface area contributed by atoms with Gasteiger partial charge in [-0.25, -0.2) is 0 Å². The number of likely N-dealkylation sites (N-methyl/N-ethyl adjacent to an activating group) is 1. The number of carbonyl (C=O) groups excluding carboxylic acids is 1. The summed E-state index contributed by atoms with van der Waals surface area (Å²) in [5, 5.41) is 13.0. The molecule has 8 rings (SSSR count). The second-order valence-electron chi connectivity index (χ2n) is 21.9. The predicted molar refractivity (Wildman–Crippen MR) is 309 cm³/mol. The number of carboxylic acids is 1. The van der Waals surface area contributed by atoms with Crippen LogP contribution >= 0.6 is 0 Å². The number of hydrogen-bond donors (Lipinski definition) is 4. The van der Waals surface area contributed by atoms with Crippen molar-refractivity contribution in [1.29, 1.82) is 0 Å². The minimum Gasteiger partial charge on any atom is -0.494 e. The number of aryl methyl sites for hydroxylation is 2. The van der Waals surface area contributed by atoms with Gasteiger partial charge in [0.1, 0.15) is 12.3 Å². The van der Waals surface area contributed by atoms with E-state index in [2.05, 4.69) is 51.0 Å². The van der Waals surface area contributed by atoms with E-state index in [1.165, 1.54) is 23.8 Å². The Morgan fingerprint density at radius 3 is 2.25 bits per heavy atom. The number of rotatable bonds is 23. The number of aliphatic carboxylic acids is 1. The fourth-order valence-corrected chi connectivity index (χ4v) is 12.4. The number of carbonyl (C=O) groups is 2. The highest BCUT2D eigenvalue weighted by molar-refractivity contribution is 7.86. The molecule has 1 atom stereocenters. The molecule has 1 amide bonds. The van der Waals surface area contributed by atoms with Crippen LogP contribution in [0.15, 0.2) is 149 Å². The highest BCUT2D eigenvalue weighted by Gasteiger charge is 2.45. The van der Waals surface area contributed by atoms with Crippen LogP contribution in [0.2, 0.25) is 0 Å². The number of benzene rings is 4. The first-order chi connectivity index (χ1) is 37.5. The number of anilines is 1. The summed E-state index contributed by atoms with van der Waals surface area (Å²) in [6, 6.07) is 25.8. The lowest BCUT2D eigenvalue weighted by atomic mass is 9.81. The summed E-state index contributed by atoms with van der Waals surface area (Å²) < 4.78 is 76.4. The third-order valence-corrected chi connectivity index (χ3v) is 17.2. The SMILES string of the molecule is CCN1C(=CC=CC=CC=CC2=[N+](CCCCCC(=O)NCc3ccc4c(c3)Cc3cc(OCCCCc5cc(C)ccn5)ccc3CC4CC(=O)O)c3ccc(S(=O)(=O)O)cc3C2(C)C)C(C)(C)c2cc(S(=O)(=O)O)ccc21. The highest BCUT2D eigenvalue weighted by atomic mass is 32.2. The van der Waals surface area contributed by atoms with Gasteiger partial charge in [-0.1, -0.05) is 68.5 Å². The van der Waals surface area contributed by atoms with Crippen LogP contribution in [-0.4, -0.2) is 77.9 Å². The van der Waals surface area contributed by atoms with Gasteiger partial charge in [0, 0.05) is 72.3 Å². The van der Waals surface area contributed by atoms with E-state index in [9.17, 15) is 40.6 Å². The van der Waals surface area contributed by atoms with Crippen molar-refractivity contribution in [3.05, 3.63) is 190 Å². The molecule has 1 unspecified atom stereocenters. The molecule has 416 valence electrons. The fraction of sp³-hybridized carbons (Fsp3) is 0.365. The topological polar surface area (TPSA) is 204 Å². The minimum absolute atomic E-state index is 0.0174. The Kier molecular flexibility index (Phi) is 18.1. The Morgan fingerprint density at radius 2 is 1.52 bits per heavy atom. The van der Waals surface area contributed by atoms with Crippen LogP contribution in [0, 0.1) is 6.92 Å². The second-order valence-corrected chi connectivity index (χ2v) is 24.7. The van der Waals surface area contributed by atoms with E-state index in [-0.39, 0.29) is 28.0 Å². The van der Waals surface area contributed by atoms with Gasteiger partial charge in [-0.3, -0.25) is 23.7 Å². The maximum absolute atomic E-state index is 13.3. The maximum Gasteiger partial charge on any atom is 0.303 e. The molecule has 4 aromatic carbocycles. The summed E-state index contributed by atoms with van der Waals surface area (Å²) >= 11 is 0. The van der Waals surface area contributed by atoms with Crippen LogP contribution in [0.1, 0.15) is 136 Å². The number of ether oxygens (including phenoxy) is 1. The summed E-state index contributed by atoms with van der Waals surface area (Å²) in [5.74, 6) is -0.298.